The maximum Gasteiger partial charge on any atom is 0.269 e. The van der Waals surface area contributed by atoms with Crippen LogP contribution in [-0.4, -0.2) is 33.2 Å². The topological polar surface area (TPSA) is 207 Å². The van der Waals surface area contributed by atoms with Crippen molar-refractivity contribution in [1.29, 1.82) is 0 Å². The van der Waals surface area contributed by atoms with E-state index < -0.39 is 9.85 Å². The zero-order valence-corrected chi connectivity index (χ0v) is 26.4. The summed E-state index contributed by atoms with van der Waals surface area (Å²) in [6.07, 6.45) is 7.02. The molecule has 4 rings (SSSR count). The number of nitro groups is 2. The van der Waals surface area contributed by atoms with Crippen LogP contribution in [0.3, 0.4) is 0 Å². The maximum atomic E-state index is 12.0. The normalized spacial score (nSPS) is 9.92. The van der Waals surface area contributed by atoms with Crippen LogP contribution in [-0.2, 0) is 9.59 Å². The first kappa shape index (κ1) is 38.1. The number of amides is 2. The number of rotatable bonds is 15. The maximum absolute atomic E-state index is 12.0. The lowest BCUT2D eigenvalue weighted by Crippen LogP contribution is -2.09. The van der Waals surface area contributed by atoms with Crippen molar-refractivity contribution in [3.63, 3.8) is 0 Å². The highest BCUT2D eigenvalue weighted by molar-refractivity contribution is 6.09. The molecular formula is C36H38N4O8. The Labute approximate surface area is 278 Å². The van der Waals surface area contributed by atoms with Crippen LogP contribution in [0.5, 0.6) is 0 Å². The number of carbonyl (C=O) groups is 4. The second-order valence-electron chi connectivity index (χ2n) is 10.6. The predicted molar refractivity (Wildman–Crippen MR) is 181 cm³/mol. The van der Waals surface area contributed by atoms with Crippen molar-refractivity contribution in [1.82, 2.24) is 0 Å². The molecule has 0 saturated carbocycles. The SMILES string of the molecule is NC(=O)CCCCCCCCC(N)=O.O=C(c1ccccc1)c1ccc([N+](=O)[O-])cc1.O=C(c1ccccc1)c1ccc([N+](=O)[O-])cc1. The highest BCUT2D eigenvalue weighted by atomic mass is 16.6. The van der Waals surface area contributed by atoms with Gasteiger partial charge in [0.05, 0.1) is 9.85 Å². The number of unbranched alkanes of at least 4 members (excludes halogenated alkanes) is 5. The third-order valence-electron chi connectivity index (χ3n) is 6.85. The van der Waals surface area contributed by atoms with E-state index in [1.54, 1.807) is 48.5 Å². The Hall–Kier alpha value is -6.04. The van der Waals surface area contributed by atoms with Crippen molar-refractivity contribution < 1.29 is 29.0 Å². The molecule has 0 unspecified atom stereocenters. The molecule has 0 bridgehead atoms. The fraction of sp³-hybridized carbons (Fsp3) is 0.222. The molecule has 4 aromatic carbocycles. The quantitative estimate of drug-likeness (QED) is 0.0606. The molecule has 0 aliphatic heterocycles. The van der Waals surface area contributed by atoms with Gasteiger partial charge in [-0.3, -0.25) is 39.4 Å². The molecule has 0 heterocycles. The smallest absolute Gasteiger partial charge is 0.269 e. The summed E-state index contributed by atoms with van der Waals surface area (Å²) in [5, 5.41) is 20.9. The minimum Gasteiger partial charge on any atom is -0.370 e. The molecule has 0 spiro atoms. The highest BCUT2D eigenvalue weighted by Gasteiger charge is 2.12. The molecule has 12 nitrogen and oxygen atoms in total. The van der Waals surface area contributed by atoms with Crippen LogP contribution >= 0.6 is 0 Å². The van der Waals surface area contributed by atoms with Crippen molar-refractivity contribution in [2.24, 2.45) is 11.5 Å². The Morgan fingerprint density at radius 1 is 0.438 bits per heavy atom. The van der Waals surface area contributed by atoms with Gasteiger partial charge in [0, 0.05) is 59.4 Å². The van der Waals surface area contributed by atoms with Gasteiger partial charge in [0.15, 0.2) is 11.6 Å². The summed E-state index contributed by atoms with van der Waals surface area (Å²) in [5.74, 6) is -0.724. The van der Waals surface area contributed by atoms with Crippen LogP contribution in [0.1, 0.15) is 83.2 Å². The summed E-state index contributed by atoms with van der Waals surface area (Å²) in [4.78, 5) is 64.6. The first-order chi connectivity index (χ1) is 23.0. The zero-order chi connectivity index (χ0) is 35.3. The van der Waals surface area contributed by atoms with Gasteiger partial charge in [0.25, 0.3) is 11.4 Å². The molecule has 0 aliphatic carbocycles. The van der Waals surface area contributed by atoms with E-state index in [0.29, 0.717) is 35.1 Å². The van der Waals surface area contributed by atoms with Crippen LogP contribution in [0.4, 0.5) is 11.4 Å². The summed E-state index contributed by atoms with van der Waals surface area (Å²) in [7, 11) is 0. The molecule has 0 atom stereocenters. The summed E-state index contributed by atoms with van der Waals surface area (Å²) in [6, 6.07) is 28.8. The molecule has 4 N–H and O–H groups in total. The standard InChI is InChI=1S/2C13H9NO3.C10H20N2O2/c2*15-13(10-4-2-1-3-5-10)11-6-8-12(9-7-11)14(16)17;11-9(13)7-5-3-1-2-4-6-8-10(12)14/h2*1-9H;1-8H2,(H2,11,13)(H2,12,14). The van der Waals surface area contributed by atoms with Crippen LogP contribution < -0.4 is 11.5 Å². The van der Waals surface area contributed by atoms with E-state index in [1.807, 2.05) is 12.1 Å². The van der Waals surface area contributed by atoms with Gasteiger partial charge in [-0.15, -0.1) is 0 Å². The lowest BCUT2D eigenvalue weighted by molar-refractivity contribution is -0.385. The number of ketones is 2. The van der Waals surface area contributed by atoms with Crippen molar-refractivity contribution in [2.75, 3.05) is 0 Å². The molecule has 250 valence electrons. The third-order valence-corrected chi connectivity index (χ3v) is 6.85. The molecule has 0 aromatic heterocycles. The number of benzene rings is 4. The minimum absolute atomic E-state index is 0.0189. The Morgan fingerprint density at radius 3 is 0.979 bits per heavy atom. The van der Waals surface area contributed by atoms with E-state index in [9.17, 15) is 39.4 Å². The number of non-ortho nitro benzene ring substituents is 2. The van der Waals surface area contributed by atoms with E-state index in [-0.39, 0.29) is 34.8 Å². The Kier molecular flexibility index (Phi) is 16.6. The van der Waals surface area contributed by atoms with Crippen LogP contribution in [0.15, 0.2) is 109 Å². The van der Waals surface area contributed by atoms with Crippen LogP contribution in [0.25, 0.3) is 0 Å². The minimum atomic E-state index is -0.489. The van der Waals surface area contributed by atoms with Crippen molar-refractivity contribution in [3.8, 4) is 0 Å². The van der Waals surface area contributed by atoms with E-state index >= 15 is 0 Å². The van der Waals surface area contributed by atoms with E-state index in [2.05, 4.69) is 0 Å². The molecular weight excluding hydrogens is 616 g/mol. The van der Waals surface area contributed by atoms with Crippen molar-refractivity contribution in [2.45, 2.75) is 51.4 Å². The lowest BCUT2D eigenvalue weighted by atomic mass is 10.0. The molecule has 4 aromatic rings. The second-order valence-corrected chi connectivity index (χ2v) is 10.6. The van der Waals surface area contributed by atoms with E-state index in [0.717, 1.165) is 38.5 Å². The van der Waals surface area contributed by atoms with E-state index in [1.165, 1.54) is 48.5 Å². The summed E-state index contributed by atoms with van der Waals surface area (Å²) in [5.41, 5.74) is 12.0. The van der Waals surface area contributed by atoms with Gasteiger partial charge in [-0.1, -0.05) is 86.3 Å². The molecule has 0 radical (unpaired) electrons. The Balaban J connectivity index is 0.000000252. The summed E-state index contributed by atoms with van der Waals surface area (Å²) < 4.78 is 0. The zero-order valence-electron chi connectivity index (χ0n) is 26.4. The van der Waals surface area contributed by atoms with Crippen LogP contribution in [0, 0.1) is 20.2 Å². The average molecular weight is 655 g/mol. The van der Waals surface area contributed by atoms with Crippen molar-refractivity contribution in [3.05, 3.63) is 152 Å². The first-order valence-corrected chi connectivity index (χ1v) is 15.2. The fourth-order valence-corrected chi connectivity index (χ4v) is 4.29. The number of hydrogen-bond acceptors (Lipinski definition) is 8. The molecule has 0 saturated heterocycles. The third kappa shape index (κ3) is 14.4. The Morgan fingerprint density at radius 2 is 0.708 bits per heavy atom. The monoisotopic (exact) mass is 654 g/mol. The fourth-order valence-electron chi connectivity index (χ4n) is 4.29. The van der Waals surface area contributed by atoms with Gasteiger partial charge in [0.1, 0.15) is 0 Å². The molecule has 0 aliphatic rings. The van der Waals surface area contributed by atoms with Gasteiger partial charge in [0.2, 0.25) is 11.8 Å². The van der Waals surface area contributed by atoms with Gasteiger partial charge in [-0.05, 0) is 37.1 Å². The largest absolute Gasteiger partial charge is 0.370 e. The number of hydrogen-bond donors (Lipinski definition) is 2. The van der Waals surface area contributed by atoms with Gasteiger partial charge >= 0.3 is 0 Å². The highest BCUT2D eigenvalue weighted by Crippen LogP contribution is 2.16. The summed E-state index contributed by atoms with van der Waals surface area (Å²) in [6.45, 7) is 0. The van der Waals surface area contributed by atoms with Gasteiger partial charge in [-0.25, -0.2) is 0 Å². The number of nitrogens with zero attached hydrogens (tertiary/aromatic N) is 2. The van der Waals surface area contributed by atoms with Gasteiger partial charge < -0.3 is 11.5 Å². The second kappa shape index (κ2) is 20.9. The molecule has 0 fully saturated rings. The number of primary amides is 2. The number of carbonyl (C=O) groups excluding carboxylic acids is 4. The average Bonchev–Trinajstić information content (AvgIpc) is 3.10. The van der Waals surface area contributed by atoms with E-state index in [4.69, 9.17) is 11.5 Å². The molecule has 12 heteroatoms. The van der Waals surface area contributed by atoms with Crippen LogP contribution in [0.2, 0.25) is 0 Å². The predicted octanol–water partition coefficient (Wildman–Crippen LogP) is 6.73. The Bertz CT molecular complexity index is 1520. The van der Waals surface area contributed by atoms with Gasteiger partial charge in [-0.2, -0.15) is 0 Å². The lowest BCUT2D eigenvalue weighted by Gasteiger charge is -2.00. The summed E-state index contributed by atoms with van der Waals surface area (Å²) >= 11 is 0. The molecule has 48 heavy (non-hydrogen) atoms. The number of nitrogens with two attached hydrogens (primary N) is 2. The first-order valence-electron chi connectivity index (χ1n) is 15.2. The molecule has 2 amide bonds. The number of nitro benzene ring substituents is 2. The van der Waals surface area contributed by atoms with Crippen molar-refractivity contribution >= 4 is 34.8 Å².